The van der Waals surface area contributed by atoms with Crippen molar-refractivity contribution in [3.63, 3.8) is 0 Å². The second-order valence-corrected chi connectivity index (χ2v) is 4.30. The maximum atomic E-state index is 13.4. The molecule has 0 bridgehead atoms. The molecule has 6 heteroatoms. The summed E-state index contributed by atoms with van der Waals surface area (Å²) in [4.78, 5) is 22.5. The molecule has 0 fully saturated rings. The minimum absolute atomic E-state index is 0.0325. The zero-order valence-corrected chi connectivity index (χ0v) is 11.0. The number of amides is 2. The van der Waals surface area contributed by atoms with E-state index in [1.165, 1.54) is 25.1 Å². The van der Waals surface area contributed by atoms with E-state index in [-0.39, 0.29) is 30.0 Å². The molecular weight excluding hydrogens is 249 g/mol. The summed E-state index contributed by atoms with van der Waals surface area (Å²) < 4.78 is 13.4. The van der Waals surface area contributed by atoms with Gasteiger partial charge >= 0.3 is 0 Å². The zero-order valence-electron chi connectivity index (χ0n) is 11.0. The van der Waals surface area contributed by atoms with E-state index in [9.17, 15) is 14.0 Å². The van der Waals surface area contributed by atoms with Crippen molar-refractivity contribution < 1.29 is 14.0 Å². The average Bonchev–Trinajstić information content (AvgIpc) is 2.32. The van der Waals surface area contributed by atoms with Crippen molar-refractivity contribution in [1.82, 2.24) is 0 Å². The minimum Gasteiger partial charge on any atom is -0.327 e. The summed E-state index contributed by atoms with van der Waals surface area (Å²) in [6.07, 6.45) is 0.900. The standard InChI is InChI=1S/C13H18FN3O2/c1-3-9(15)6-13(19)17-10-4-5-11(14)12(7-10)16-8(2)18/h4-5,7,9H,3,6,15H2,1-2H3,(H,16,18)(H,17,19). The average molecular weight is 267 g/mol. The van der Waals surface area contributed by atoms with Crippen LogP contribution in [0.25, 0.3) is 0 Å². The van der Waals surface area contributed by atoms with E-state index >= 15 is 0 Å². The quantitative estimate of drug-likeness (QED) is 0.761. The van der Waals surface area contributed by atoms with E-state index in [0.717, 1.165) is 0 Å². The summed E-state index contributed by atoms with van der Waals surface area (Å²) in [6.45, 7) is 3.18. The van der Waals surface area contributed by atoms with Gasteiger partial charge in [-0.05, 0) is 24.6 Å². The molecule has 0 heterocycles. The highest BCUT2D eigenvalue weighted by Crippen LogP contribution is 2.19. The number of carbonyl (C=O) groups excluding carboxylic acids is 2. The molecule has 1 aromatic carbocycles. The second-order valence-electron chi connectivity index (χ2n) is 4.30. The van der Waals surface area contributed by atoms with Gasteiger partial charge in [-0.25, -0.2) is 4.39 Å². The number of anilines is 2. The van der Waals surface area contributed by atoms with Crippen molar-refractivity contribution >= 4 is 23.2 Å². The number of hydrogen-bond acceptors (Lipinski definition) is 3. The van der Waals surface area contributed by atoms with Crippen LogP contribution in [0.15, 0.2) is 18.2 Å². The third-order valence-corrected chi connectivity index (χ3v) is 2.53. The van der Waals surface area contributed by atoms with Crippen LogP contribution in [0.2, 0.25) is 0 Å². The monoisotopic (exact) mass is 267 g/mol. The zero-order chi connectivity index (χ0) is 14.4. The van der Waals surface area contributed by atoms with Gasteiger partial charge in [0.2, 0.25) is 11.8 Å². The molecule has 1 aromatic rings. The van der Waals surface area contributed by atoms with Crippen molar-refractivity contribution in [3.05, 3.63) is 24.0 Å². The van der Waals surface area contributed by atoms with Gasteiger partial charge in [0.1, 0.15) is 5.82 Å². The van der Waals surface area contributed by atoms with Gasteiger partial charge in [0.15, 0.2) is 0 Å². The fourth-order valence-corrected chi connectivity index (χ4v) is 1.48. The first-order chi connectivity index (χ1) is 8.92. The largest absolute Gasteiger partial charge is 0.327 e. The van der Waals surface area contributed by atoms with Crippen LogP contribution < -0.4 is 16.4 Å². The van der Waals surface area contributed by atoms with Crippen molar-refractivity contribution in [2.24, 2.45) is 5.73 Å². The van der Waals surface area contributed by atoms with E-state index in [1.807, 2.05) is 6.92 Å². The van der Waals surface area contributed by atoms with Crippen LogP contribution in [0, 0.1) is 5.82 Å². The maximum absolute atomic E-state index is 13.4. The fraction of sp³-hybridized carbons (Fsp3) is 0.385. The predicted molar refractivity (Wildman–Crippen MR) is 72.2 cm³/mol. The van der Waals surface area contributed by atoms with Crippen LogP contribution >= 0.6 is 0 Å². The molecule has 0 radical (unpaired) electrons. The van der Waals surface area contributed by atoms with E-state index in [1.54, 1.807) is 0 Å². The SMILES string of the molecule is CCC(N)CC(=O)Nc1ccc(F)c(NC(C)=O)c1. The number of nitrogens with two attached hydrogens (primary N) is 1. The number of hydrogen-bond donors (Lipinski definition) is 3. The lowest BCUT2D eigenvalue weighted by Crippen LogP contribution is -2.26. The number of benzene rings is 1. The van der Waals surface area contributed by atoms with Crippen LogP contribution in [-0.2, 0) is 9.59 Å². The van der Waals surface area contributed by atoms with Crippen LogP contribution in [0.1, 0.15) is 26.7 Å². The van der Waals surface area contributed by atoms with Gasteiger partial charge in [-0.15, -0.1) is 0 Å². The molecule has 1 atom stereocenters. The Balaban J connectivity index is 2.74. The predicted octanol–water partition coefficient (Wildman–Crippen LogP) is 1.85. The molecule has 0 saturated heterocycles. The first-order valence-corrected chi connectivity index (χ1v) is 6.05. The van der Waals surface area contributed by atoms with Crippen molar-refractivity contribution in [2.45, 2.75) is 32.7 Å². The fourth-order valence-electron chi connectivity index (χ4n) is 1.48. The Bertz CT molecular complexity index is 477. The van der Waals surface area contributed by atoms with E-state index in [0.29, 0.717) is 12.1 Å². The van der Waals surface area contributed by atoms with Crippen LogP contribution in [0.4, 0.5) is 15.8 Å². The van der Waals surface area contributed by atoms with Crippen molar-refractivity contribution in [1.29, 1.82) is 0 Å². The number of rotatable bonds is 5. The molecule has 0 spiro atoms. The molecule has 2 amide bonds. The van der Waals surface area contributed by atoms with E-state index in [4.69, 9.17) is 5.73 Å². The van der Waals surface area contributed by atoms with Crippen LogP contribution in [0.5, 0.6) is 0 Å². The van der Waals surface area contributed by atoms with Gasteiger partial charge in [-0.3, -0.25) is 9.59 Å². The molecule has 0 aliphatic rings. The molecule has 4 N–H and O–H groups in total. The Morgan fingerprint density at radius 1 is 1.37 bits per heavy atom. The van der Waals surface area contributed by atoms with Gasteiger partial charge in [0.05, 0.1) is 5.69 Å². The second kappa shape index (κ2) is 6.84. The Morgan fingerprint density at radius 3 is 2.63 bits per heavy atom. The molecule has 1 rings (SSSR count). The molecule has 19 heavy (non-hydrogen) atoms. The summed E-state index contributed by atoms with van der Waals surface area (Å²) in [5.41, 5.74) is 6.12. The lowest BCUT2D eigenvalue weighted by Gasteiger charge is -2.11. The Hall–Kier alpha value is -1.95. The Kier molecular flexibility index (Phi) is 5.44. The summed E-state index contributed by atoms with van der Waals surface area (Å²) in [7, 11) is 0. The van der Waals surface area contributed by atoms with Gasteiger partial charge in [-0.2, -0.15) is 0 Å². The number of halogens is 1. The third kappa shape index (κ3) is 5.05. The molecule has 104 valence electrons. The highest BCUT2D eigenvalue weighted by Gasteiger charge is 2.10. The first kappa shape index (κ1) is 15.1. The normalized spacial score (nSPS) is 11.8. The van der Waals surface area contributed by atoms with Crippen molar-refractivity contribution in [3.8, 4) is 0 Å². The van der Waals surface area contributed by atoms with Gasteiger partial charge < -0.3 is 16.4 Å². The molecule has 5 nitrogen and oxygen atoms in total. The lowest BCUT2D eigenvalue weighted by molar-refractivity contribution is -0.116. The lowest BCUT2D eigenvalue weighted by atomic mass is 10.1. The summed E-state index contributed by atoms with van der Waals surface area (Å²) in [6, 6.07) is 3.78. The van der Waals surface area contributed by atoms with Crippen molar-refractivity contribution in [2.75, 3.05) is 10.6 Å². The molecular formula is C13H18FN3O2. The maximum Gasteiger partial charge on any atom is 0.225 e. The number of carbonyl (C=O) groups is 2. The third-order valence-electron chi connectivity index (χ3n) is 2.53. The van der Waals surface area contributed by atoms with E-state index < -0.39 is 5.82 Å². The smallest absolute Gasteiger partial charge is 0.225 e. The topological polar surface area (TPSA) is 84.2 Å². The summed E-state index contributed by atoms with van der Waals surface area (Å²) in [5, 5.41) is 4.96. The highest BCUT2D eigenvalue weighted by atomic mass is 19.1. The van der Waals surface area contributed by atoms with Gasteiger partial charge in [0.25, 0.3) is 0 Å². The molecule has 0 aliphatic heterocycles. The molecule has 0 aromatic heterocycles. The summed E-state index contributed by atoms with van der Waals surface area (Å²) in [5.74, 6) is -1.18. The minimum atomic E-state index is -0.557. The van der Waals surface area contributed by atoms with Gasteiger partial charge in [0, 0.05) is 25.1 Å². The first-order valence-electron chi connectivity index (χ1n) is 6.05. The Labute approximate surface area is 111 Å². The molecule has 0 saturated carbocycles. The number of nitrogens with one attached hydrogen (secondary N) is 2. The summed E-state index contributed by atoms with van der Waals surface area (Å²) >= 11 is 0. The Morgan fingerprint density at radius 2 is 2.05 bits per heavy atom. The molecule has 1 unspecified atom stereocenters. The van der Waals surface area contributed by atoms with E-state index in [2.05, 4.69) is 10.6 Å². The van der Waals surface area contributed by atoms with Crippen LogP contribution in [-0.4, -0.2) is 17.9 Å². The molecule has 0 aliphatic carbocycles. The van der Waals surface area contributed by atoms with Crippen LogP contribution in [0.3, 0.4) is 0 Å². The van der Waals surface area contributed by atoms with Gasteiger partial charge in [-0.1, -0.05) is 6.92 Å². The highest BCUT2D eigenvalue weighted by molar-refractivity contribution is 5.93.